The predicted octanol–water partition coefficient (Wildman–Crippen LogP) is -0.256. The van der Waals surface area contributed by atoms with E-state index in [4.69, 9.17) is 5.11 Å². The predicted molar refractivity (Wildman–Crippen MR) is 47.3 cm³/mol. The molecule has 0 aromatic rings. The van der Waals surface area contributed by atoms with Gasteiger partial charge in [0.1, 0.15) is 6.54 Å². The van der Waals surface area contributed by atoms with Gasteiger partial charge in [-0.15, -0.1) is 0 Å². The van der Waals surface area contributed by atoms with Gasteiger partial charge in [-0.05, 0) is 6.42 Å². The van der Waals surface area contributed by atoms with E-state index in [0.29, 0.717) is 0 Å². The Kier molecular flexibility index (Phi) is 5.49. The van der Waals surface area contributed by atoms with Gasteiger partial charge in [-0.1, -0.05) is 6.92 Å². The van der Waals surface area contributed by atoms with Crippen LogP contribution in [-0.2, 0) is 10.2 Å². The molecule has 0 bridgehead atoms. The molecule has 0 aliphatic heterocycles. The third-order valence-corrected chi connectivity index (χ3v) is 2.67. The van der Waals surface area contributed by atoms with Gasteiger partial charge in [0.25, 0.3) is 10.2 Å². The highest BCUT2D eigenvalue weighted by Crippen LogP contribution is 2.12. The average Bonchev–Trinajstić information content (AvgIpc) is 2.10. The Morgan fingerprint density at radius 2 is 1.93 bits per heavy atom. The summed E-state index contributed by atoms with van der Waals surface area (Å²) in [5, 5.41) is 8.64. The molecule has 0 saturated carbocycles. The Morgan fingerprint density at radius 3 is 2.27 bits per heavy atom. The van der Waals surface area contributed by atoms with E-state index in [9.17, 15) is 21.6 Å². The van der Waals surface area contributed by atoms with Gasteiger partial charge >= 0.3 is 6.18 Å². The zero-order valence-corrected chi connectivity index (χ0v) is 8.82. The van der Waals surface area contributed by atoms with Gasteiger partial charge in [-0.3, -0.25) is 0 Å². The Morgan fingerprint density at radius 1 is 1.40 bits per heavy atom. The van der Waals surface area contributed by atoms with E-state index in [0.717, 1.165) is 0 Å². The molecule has 5 nitrogen and oxygen atoms in total. The zero-order chi connectivity index (χ0) is 12.1. The van der Waals surface area contributed by atoms with Crippen molar-refractivity contribution in [2.45, 2.75) is 25.6 Å². The summed E-state index contributed by atoms with van der Waals surface area (Å²) < 4.78 is 60.2. The van der Waals surface area contributed by atoms with Gasteiger partial charge in [0.15, 0.2) is 0 Å². The summed E-state index contributed by atoms with van der Waals surface area (Å²) in [6.45, 7) is -0.513. The summed E-state index contributed by atoms with van der Waals surface area (Å²) in [4.78, 5) is 0. The largest absolute Gasteiger partial charge is 0.402 e. The second kappa shape index (κ2) is 5.64. The van der Waals surface area contributed by atoms with Crippen molar-refractivity contribution in [1.82, 2.24) is 9.44 Å². The standard InChI is InChI=1S/C6H13F3N2O3S/c1-2-5(3-12)11-15(13,14)10-4-6(7,8)9/h5,10-12H,2-4H2,1H3/t5-/m1/s1. The monoisotopic (exact) mass is 250 g/mol. The van der Waals surface area contributed by atoms with Crippen molar-refractivity contribution >= 4 is 10.2 Å². The summed E-state index contributed by atoms with van der Waals surface area (Å²) in [6.07, 6.45) is -4.32. The molecule has 1 atom stereocenters. The van der Waals surface area contributed by atoms with Crippen molar-refractivity contribution in [3.05, 3.63) is 0 Å². The Bertz CT molecular complexity index is 274. The first-order valence-corrected chi connectivity index (χ1v) is 5.63. The third-order valence-electron chi connectivity index (χ3n) is 1.50. The van der Waals surface area contributed by atoms with E-state index in [1.165, 1.54) is 4.72 Å². The fourth-order valence-corrected chi connectivity index (χ4v) is 1.80. The van der Waals surface area contributed by atoms with Gasteiger partial charge in [0.05, 0.1) is 6.61 Å². The molecule has 0 aromatic heterocycles. The highest BCUT2D eigenvalue weighted by atomic mass is 32.2. The maximum absolute atomic E-state index is 11.7. The van der Waals surface area contributed by atoms with Gasteiger partial charge in [-0.25, -0.2) is 0 Å². The minimum Gasteiger partial charge on any atom is -0.395 e. The molecule has 0 aliphatic rings. The molecule has 0 heterocycles. The first kappa shape index (κ1) is 14.6. The van der Waals surface area contributed by atoms with Crippen LogP contribution in [0.5, 0.6) is 0 Å². The number of aliphatic hydroxyl groups excluding tert-OH is 1. The highest BCUT2D eigenvalue weighted by Gasteiger charge is 2.29. The summed E-state index contributed by atoms with van der Waals surface area (Å²) in [5.74, 6) is 0. The number of nitrogens with one attached hydrogen (secondary N) is 2. The van der Waals surface area contributed by atoms with E-state index in [1.807, 2.05) is 4.72 Å². The van der Waals surface area contributed by atoms with Gasteiger partial charge in [-0.2, -0.15) is 31.0 Å². The normalized spacial score (nSPS) is 15.3. The molecule has 0 fully saturated rings. The maximum Gasteiger partial charge on any atom is 0.402 e. The van der Waals surface area contributed by atoms with Crippen LogP contribution in [0.2, 0.25) is 0 Å². The Labute approximate surface area is 85.9 Å². The number of rotatable bonds is 6. The van der Waals surface area contributed by atoms with Gasteiger partial charge < -0.3 is 5.11 Å². The van der Waals surface area contributed by atoms with Crippen molar-refractivity contribution in [2.75, 3.05) is 13.2 Å². The van der Waals surface area contributed by atoms with Crippen LogP contribution < -0.4 is 9.44 Å². The lowest BCUT2D eigenvalue weighted by Crippen LogP contribution is -2.46. The molecule has 0 aromatic carbocycles. The number of hydrogen-bond donors (Lipinski definition) is 3. The van der Waals surface area contributed by atoms with E-state index in [2.05, 4.69) is 0 Å². The Balaban J connectivity index is 4.20. The van der Waals surface area contributed by atoms with Gasteiger partial charge in [0, 0.05) is 6.04 Å². The molecule has 0 saturated heterocycles. The molecule has 0 spiro atoms. The van der Waals surface area contributed by atoms with Crippen LogP contribution in [0.4, 0.5) is 13.2 Å². The third kappa shape index (κ3) is 7.54. The second-order valence-electron chi connectivity index (χ2n) is 2.85. The van der Waals surface area contributed by atoms with E-state index >= 15 is 0 Å². The molecule has 0 amide bonds. The van der Waals surface area contributed by atoms with Crippen LogP contribution in [0.1, 0.15) is 13.3 Å². The molecule has 9 heteroatoms. The summed E-state index contributed by atoms with van der Waals surface area (Å²) in [6, 6.07) is -0.782. The van der Waals surface area contributed by atoms with Crippen molar-refractivity contribution < 1.29 is 26.7 Å². The van der Waals surface area contributed by atoms with Crippen LogP contribution in [0.3, 0.4) is 0 Å². The van der Waals surface area contributed by atoms with Crippen LogP contribution in [0.25, 0.3) is 0 Å². The first-order valence-electron chi connectivity index (χ1n) is 4.14. The minimum atomic E-state index is -4.60. The van der Waals surface area contributed by atoms with Crippen LogP contribution in [-0.4, -0.2) is 38.9 Å². The number of alkyl halides is 3. The van der Waals surface area contributed by atoms with Crippen molar-refractivity contribution in [3.8, 4) is 0 Å². The molecular weight excluding hydrogens is 237 g/mol. The topological polar surface area (TPSA) is 78.4 Å². The second-order valence-corrected chi connectivity index (χ2v) is 4.38. The lowest BCUT2D eigenvalue weighted by molar-refractivity contribution is -0.121. The molecule has 15 heavy (non-hydrogen) atoms. The fraction of sp³-hybridized carbons (Fsp3) is 1.00. The quantitative estimate of drug-likeness (QED) is 0.608. The molecular formula is C6H13F3N2O3S. The van der Waals surface area contributed by atoms with Crippen LogP contribution in [0.15, 0.2) is 0 Å². The highest BCUT2D eigenvalue weighted by molar-refractivity contribution is 7.87. The molecule has 0 radical (unpaired) electrons. The Hall–Kier alpha value is -0.380. The minimum absolute atomic E-state index is 0.281. The molecule has 3 N–H and O–H groups in total. The lowest BCUT2D eigenvalue weighted by Gasteiger charge is -2.15. The number of halogens is 3. The smallest absolute Gasteiger partial charge is 0.395 e. The van der Waals surface area contributed by atoms with E-state index in [-0.39, 0.29) is 6.42 Å². The fourth-order valence-electron chi connectivity index (χ4n) is 0.688. The molecule has 0 unspecified atom stereocenters. The first-order chi connectivity index (χ1) is 6.70. The van der Waals surface area contributed by atoms with Crippen molar-refractivity contribution in [2.24, 2.45) is 0 Å². The molecule has 0 rings (SSSR count). The molecule has 0 aliphatic carbocycles. The van der Waals surface area contributed by atoms with E-state index in [1.54, 1.807) is 6.92 Å². The maximum atomic E-state index is 11.7. The van der Waals surface area contributed by atoms with Crippen molar-refractivity contribution in [3.63, 3.8) is 0 Å². The van der Waals surface area contributed by atoms with E-state index < -0.39 is 35.6 Å². The number of hydrogen-bond acceptors (Lipinski definition) is 3. The van der Waals surface area contributed by atoms with Crippen molar-refractivity contribution in [1.29, 1.82) is 0 Å². The number of aliphatic hydroxyl groups is 1. The SMILES string of the molecule is CC[C@H](CO)NS(=O)(=O)NCC(F)(F)F. The summed E-state index contributed by atoms with van der Waals surface area (Å²) in [7, 11) is -4.22. The average molecular weight is 250 g/mol. The lowest BCUT2D eigenvalue weighted by atomic mass is 10.3. The summed E-state index contributed by atoms with van der Waals surface area (Å²) >= 11 is 0. The van der Waals surface area contributed by atoms with Crippen LogP contribution >= 0.6 is 0 Å². The van der Waals surface area contributed by atoms with Gasteiger partial charge in [0.2, 0.25) is 0 Å². The zero-order valence-electron chi connectivity index (χ0n) is 8.00. The van der Waals surface area contributed by atoms with Crippen LogP contribution in [0, 0.1) is 0 Å². The summed E-state index contributed by atoms with van der Waals surface area (Å²) in [5.41, 5.74) is 0. The molecule has 92 valence electrons.